The average molecular weight is 287 g/mol. The summed E-state index contributed by atoms with van der Waals surface area (Å²) in [5.41, 5.74) is 6.35. The summed E-state index contributed by atoms with van der Waals surface area (Å²) in [5, 5.41) is 0. The molecule has 2 rings (SSSR count). The van der Waals surface area contributed by atoms with Gasteiger partial charge in [0.1, 0.15) is 0 Å². The normalized spacial score (nSPS) is 19.2. The molecule has 1 aliphatic carbocycles. The molecule has 1 heterocycles. The molecule has 2 atom stereocenters. The quantitative estimate of drug-likeness (QED) is 0.823. The second-order valence-corrected chi connectivity index (χ2v) is 6.94. The van der Waals surface area contributed by atoms with Crippen LogP contribution in [0.25, 0.3) is 0 Å². The maximum atomic E-state index is 6.35. The first-order valence-corrected chi connectivity index (χ1v) is 8.10. The Bertz CT molecular complexity index is 376. The minimum atomic E-state index is 0.193. The summed E-state index contributed by atoms with van der Waals surface area (Å²) in [4.78, 5) is 3.85. The van der Waals surface area contributed by atoms with Gasteiger partial charge in [0.15, 0.2) is 0 Å². The summed E-state index contributed by atoms with van der Waals surface area (Å²) in [6.07, 6.45) is 3.77. The molecule has 1 aliphatic rings. The third kappa shape index (κ3) is 3.47. The van der Waals surface area contributed by atoms with Gasteiger partial charge in [0.25, 0.3) is 0 Å². The van der Waals surface area contributed by atoms with Gasteiger partial charge in [-0.25, -0.2) is 0 Å². The molecule has 0 aromatic carbocycles. The van der Waals surface area contributed by atoms with Crippen molar-refractivity contribution < 1.29 is 0 Å². The zero-order chi connectivity index (χ0) is 13.1. The van der Waals surface area contributed by atoms with Crippen LogP contribution in [0.3, 0.4) is 0 Å². The summed E-state index contributed by atoms with van der Waals surface area (Å²) >= 11 is 7.75. The van der Waals surface area contributed by atoms with Gasteiger partial charge in [0.2, 0.25) is 0 Å². The van der Waals surface area contributed by atoms with E-state index in [0.29, 0.717) is 6.04 Å². The van der Waals surface area contributed by atoms with Gasteiger partial charge in [0, 0.05) is 17.5 Å². The van der Waals surface area contributed by atoms with E-state index in [4.69, 9.17) is 17.3 Å². The highest BCUT2D eigenvalue weighted by atomic mass is 35.5. The topological polar surface area (TPSA) is 29.3 Å². The lowest BCUT2D eigenvalue weighted by Gasteiger charge is -2.34. The van der Waals surface area contributed by atoms with Crippen molar-refractivity contribution in [2.75, 3.05) is 13.1 Å². The van der Waals surface area contributed by atoms with Crippen molar-refractivity contribution in [3.63, 3.8) is 0 Å². The first-order valence-electron chi connectivity index (χ1n) is 6.90. The van der Waals surface area contributed by atoms with E-state index in [0.717, 1.165) is 23.2 Å². The second-order valence-electron chi connectivity index (χ2n) is 5.19. The molecule has 0 spiro atoms. The Kier molecular flexibility index (Phi) is 5.07. The number of halogens is 1. The Hall–Kier alpha value is -0.0900. The van der Waals surface area contributed by atoms with Crippen molar-refractivity contribution in [2.24, 2.45) is 11.7 Å². The lowest BCUT2D eigenvalue weighted by Crippen LogP contribution is -2.41. The summed E-state index contributed by atoms with van der Waals surface area (Å²) < 4.78 is 0.862. The minimum absolute atomic E-state index is 0.193. The Balaban J connectivity index is 2.16. The van der Waals surface area contributed by atoms with Crippen LogP contribution in [0.15, 0.2) is 12.1 Å². The highest BCUT2D eigenvalue weighted by Gasteiger charge is 2.31. The predicted molar refractivity (Wildman–Crippen MR) is 80.3 cm³/mol. The van der Waals surface area contributed by atoms with Crippen molar-refractivity contribution in [1.29, 1.82) is 0 Å². The molecule has 18 heavy (non-hydrogen) atoms. The SMILES string of the molecule is CCC(N)C(c1ccc(Cl)s1)N(CC)CC1CC1. The van der Waals surface area contributed by atoms with E-state index in [2.05, 4.69) is 24.8 Å². The van der Waals surface area contributed by atoms with Crippen LogP contribution >= 0.6 is 22.9 Å². The third-order valence-corrected chi connectivity index (χ3v) is 5.05. The molecular weight excluding hydrogens is 264 g/mol. The number of nitrogens with zero attached hydrogens (tertiary/aromatic N) is 1. The maximum absolute atomic E-state index is 6.35. The number of likely N-dealkylation sites (N-methyl/N-ethyl adjacent to an activating group) is 1. The predicted octanol–water partition coefficient (Wildman–Crippen LogP) is 3.91. The number of rotatable bonds is 7. The van der Waals surface area contributed by atoms with E-state index >= 15 is 0 Å². The van der Waals surface area contributed by atoms with E-state index in [1.54, 1.807) is 11.3 Å². The fraction of sp³-hybridized carbons (Fsp3) is 0.714. The highest BCUT2D eigenvalue weighted by Crippen LogP contribution is 2.37. The van der Waals surface area contributed by atoms with Crippen LogP contribution < -0.4 is 5.73 Å². The lowest BCUT2D eigenvalue weighted by atomic mass is 10.0. The van der Waals surface area contributed by atoms with Crippen LogP contribution in [-0.4, -0.2) is 24.0 Å². The zero-order valence-electron chi connectivity index (χ0n) is 11.2. The van der Waals surface area contributed by atoms with Gasteiger partial charge in [-0.3, -0.25) is 4.90 Å². The molecule has 1 saturated carbocycles. The highest BCUT2D eigenvalue weighted by molar-refractivity contribution is 7.16. The van der Waals surface area contributed by atoms with Gasteiger partial charge in [-0.05, 0) is 43.9 Å². The monoisotopic (exact) mass is 286 g/mol. The lowest BCUT2D eigenvalue weighted by molar-refractivity contribution is 0.173. The third-order valence-electron chi connectivity index (χ3n) is 3.75. The standard InChI is InChI=1S/C14H23ClN2S/c1-3-11(16)14(12-7-8-13(15)18-12)17(4-2)9-10-5-6-10/h7-8,10-11,14H,3-6,9,16H2,1-2H3. The molecule has 1 aromatic rings. The molecule has 0 radical (unpaired) electrons. The Labute approximate surface area is 119 Å². The first kappa shape index (κ1) is 14.3. The molecule has 2 N–H and O–H groups in total. The Morgan fingerprint density at radius 1 is 1.44 bits per heavy atom. The fourth-order valence-corrected chi connectivity index (χ4v) is 3.72. The summed E-state index contributed by atoms with van der Waals surface area (Å²) in [6.45, 7) is 6.64. The van der Waals surface area contributed by atoms with E-state index in [1.165, 1.54) is 24.3 Å². The largest absolute Gasteiger partial charge is 0.326 e. The molecular formula is C14H23ClN2S. The number of hydrogen-bond acceptors (Lipinski definition) is 3. The number of nitrogens with two attached hydrogens (primary N) is 1. The van der Waals surface area contributed by atoms with Crippen LogP contribution in [0, 0.1) is 5.92 Å². The van der Waals surface area contributed by atoms with Crippen molar-refractivity contribution in [2.45, 2.75) is 45.2 Å². The van der Waals surface area contributed by atoms with Crippen LogP contribution in [-0.2, 0) is 0 Å². The van der Waals surface area contributed by atoms with Crippen LogP contribution in [0.4, 0.5) is 0 Å². The van der Waals surface area contributed by atoms with Gasteiger partial charge >= 0.3 is 0 Å². The summed E-state index contributed by atoms with van der Waals surface area (Å²) in [7, 11) is 0. The Morgan fingerprint density at radius 2 is 2.17 bits per heavy atom. The molecule has 1 aromatic heterocycles. The van der Waals surface area contributed by atoms with Crippen molar-refractivity contribution in [1.82, 2.24) is 4.90 Å². The van der Waals surface area contributed by atoms with E-state index < -0.39 is 0 Å². The molecule has 0 saturated heterocycles. The zero-order valence-corrected chi connectivity index (χ0v) is 12.8. The number of hydrogen-bond donors (Lipinski definition) is 1. The van der Waals surface area contributed by atoms with Gasteiger partial charge in [0.05, 0.1) is 10.4 Å². The molecule has 0 aliphatic heterocycles. The van der Waals surface area contributed by atoms with E-state index in [9.17, 15) is 0 Å². The molecule has 102 valence electrons. The minimum Gasteiger partial charge on any atom is -0.326 e. The molecule has 1 fully saturated rings. The molecule has 2 unspecified atom stereocenters. The average Bonchev–Trinajstić information content (AvgIpc) is 3.09. The van der Waals surface area contributed by atoms with Gasteiger partial charge in [-0.1, -0.05) is 25.4 Å². The van der Waals surface area contributed by atoms with Crippen molar-refractivity contribution in [3.05, 3.63) is 21.3 Å². The van der Waals surface area contributed by atoms with Gasteiger partial charge in [-0.15, -0.1) is 11.3 Å². The second kappa shape index (κ2) is 6.38. The summed E-state index contributed by atoms with van der Waals surface area (Å²) in [6, 6.07) is 4.65. The van der Waals surface area contributed by atoms with Crippen LogP contribution in [0.5, 0.6) is 0 Å². The molecule has 4 heteroatoms. The van der Waals surface area contributed by atoms with Crippen LogP contribution in [0.2, 0.25) is 4.34 Å². The smallest absolute Gasteiger partial charge is 0.0931 e. The first-order chi connectivity index (χ1) is 8.65. The van der Waals surface area contributed by atoms with E-state index in [1.807, 2.05) is 6.07 Å². The van der Waals surface area contributed by atoms with E-state index in [-0.39, 0.29) is 6.04 Å². The summed E-state index contributed by atoms with van der Waals surface area (Å²) in [5.74, 6) is 0.895. The fourth-order valence-electron chi connectivity index (χ4n) is 2.44. The maximum Gasteiger partial charge on any atom is 0.0931 e. The van der Waals surface area contributed by atoms with Crippen molar-refractivity contribution in [3.8, 4) is 0 Å². The van der Waals surface area contributed by atoms with Crippen LogP contribution in [0.1, 0.15) is 44.0 Å². The molecule has 0 amide bonds. The number of thiophene rings is 1. The van der Waals surface area contributed by atoms with Gasteiger partial charge in [-0.2, -0.15) is 0 Å². The molecule has 0 bridgehead atoms. The Morgan fingerprint density at radius 3 is 2.61 bits per heavy atom. The van der Waals surface area contributed by atoms with Gasteiger partial charge < -0.3 is 5.73 Å². The van der Waals surface area contributed by atoms with Crippen molar-refractivity contribution >= 4 is 22.9 Å². The molecule has 2 nitrogen and oxygen atoms in total.